The minimum Gasteiger partial charge on any atom is -0.387 e. The van der Waals surface area contributed by atoms with E-state index < -0.39 is 17.9 Å². The number of fused-ring (bicyclic) bond motifs is 1. The molecule has 124 valence electrons. The maximum atomic E-state index is 11.7. The van der Waals surface area contributed by atoms with Crippen molar-refractivity contribution in [3.8, 4) is 0 Å². The Kier molecular flexibility index (Phi) is 4.30. The highest BCUT2D eigenvalue weighted by Crippen LogP contribution is 2.20. The molecule has 0 unspecified atom stereocenters. The van der Waals surface area contributed by atoms with Crippen LogP contribution >= 0.6 is 0 Å². The summed E-state index contributed by atoms with van der Waals surface area (Å²) >= 11 is 0. The molecule has 1 aromatic carbocycles. The largest absolute Gasteiger partial charge is 0.387 e. The Bertz CT molecular complexity index is 869. The van der Waals surface area contributed by atoms with E-state index in [1.807, 2.05) is 36.0 Å². The first kappa shape index (κ1) is 15.8. The lowest BCUT2D eigenvalue weighted by atomic mass is 10.1. The Morgan fingerprint density at radius 3 is 2.88 bits per heavy atom. The van der Waals surface area contributed by atoms with Gasteiger partial charge in [0.25, 0.3) is 0 Å². The van der Waals surface area contributed by atoms with Crippen molar-refractivity contribution in [1.82, 2.24) is 15.0 Å². The summed E-state index contributed by atoms with van der Waals surface area (Å²) < 4.78 is 6.52. The summed E-state index contributed by atoms with van der Waals surface area (Å²) in [5, 5.41) is 19.3. The van der Waals surface area contributed by atoms with Gasteiger partial charge in [0.15, 0.2) is 5.82 Å². The fourth-order valence-electron chi connectivity index (χ4n) is 2.34. The minimum atomic E-state index is -0.918. The van der Waals surface area contributed by atoms with Gasteiger partial charge in [0.1, 0.15) is 6.26 Å². The first-order valence-corrected chi connectivity index (χ1v) is 7.27. The number of aliphatic hydroxyl groups excluding tert-OH is 1. The van der Waals surface area contributed by atoms with E-state index in [-0.39, 0.29) is 12.4 Å². The van der Waals surface area contributed by atoms with Gasteiger partial charge in [-0.2, -0.15) is 0 Å². The zero-order valence-corrected chi connectivity index (χ0v) is 12.9. The molecule has 2 heterocycles. The fraction of sp³-hybridized carbons (Fsp3) is 0.188. The molecule has 0 saturated carbocycles. The number of aryl methyl sites for hydroxylation is 1. The topological polar surface area (TPSA) is 109 Å². The van der Waals surface area contributed by atoms with Crippen molar-refractivity contribution < 1.29 is 19.2 Å². The lowest BCUT2D eigenvalue weighted by Crippen LogP contribution is -2.37. The summed E-state index contributed by atoms with van der Waals surface area (Å²) in [5.74, 6) is -1.60. The van der Waals surface area contributed by atoms with E-state index in [1.165, 1.54) is 12.3 Å². The van der Waals surface area contributed by atoms with Crippen molar-refractivity contribution in [2.24, 2.45) is 7.05 Å². The molecular weight excluding hydrogens is 312 g/mol. The normalized spacial score (nSPS) is 12.1. The smallest absolute Gasteiger partial charge is 0.314 e. The van der Waals surface area contributed by atoms with Gasteiger partial charge in [0.2, 0.25) is 0 Å². The van der Waals surface area contributed by atoms with Crippen LogP contribution in [-0.4, -0.2) is 33.2 Å². The van der Waals surface area contributed by atoms with Gasteiger partial charge < -0.3 is 19.5 Å². The number of benzene rings is 1. The number of nitrogens with one attached hydrogen (secondary N) is 2. The van der Waals surface area contributed by atoms with Gasteiger partial charge in [-0.05, 0) is 29.1 Å². The zero-order chi connectivity index (χ0) is 17.1. The minimum absolute atomic E-state index is 0.0800. The molecule has 0 aliphatic rings. The second kappa shape index (κ2) is 6.55. The average Bonchev–Trinajstić information content (AvgIpc) is 3.22. The molecule has 1 atom stereocenters. The third kappa shape index (κ3) is 3.28. The zero-order valence-electron chi connectivity index (χ0n) is 12.9. The predicted octanol–water partition coefficient (Wildman–Crippen LogP) is 0.955. The van der Waals surface area contributed by atoms with Gasteiger partial charge in [0, 0.05) is 31.4 Å². The molecule has 0 aliphatic carbocycles. The highest BCUT2D eigenvalue weighted by molar-refractivity contribution is 6.39. The molecule has 24 heavy (non-hydrogen) atoms. The molecule has 8 nitrogen and oxygen atoms in total. The maximum Gasteiger partial charge on any atom is 0.314 e. The van der Waals surface area contributed by atoms with Gasteiger partial charge in [-0.15, -0.1) is 0 Å². The SMILES string of the molecule is Cn1ccc2cc([C@H](O)CNC(=O)C(=O)Nc3ccon3)ccc21. The van der Waals surface area contributed by atoms with Gasteiger partial charge >= 0.3 is 11.8 Å². The first-order chi connectivity index (χ1) is 11.5. The van der Waals surface area contributed by atoms with Crippen molar-refractivity contribution >= 4 is 28.5 Å². The third-order valence-electron chi connectivity index (χ3n) is 3.64. The number of carbonyl (C=O) groups excluding carboxylic acids is 2. The van der Waals surface area contributed by atoms with Crippen LogP contribution in [0.15, 0.2) is 47.3 Å². The van der Waals surface area contributed by atoms with E-state index in [2.05, 4.69) is 20.3 Å². The summed E-state index contributed by atoms with van der Waals surface area (Å²) in [4.78, 5) is 23.4. The van der Waals surface area contributed by atoms with E-state index in [1.54, 1.807) is 6.07 Å². The lowest BCUT2D eigenvalue weighted by molar-refractivity contribution is -0.136. The van der Waals surface area contributed by atoms with Crippen molar-refractivity contribution in [2.75, 3.05) is 11.9 Å². The second-order valence-corrected chi connectivity index (χ2v) is 5.31. The van der Waals surface area contributed by atoms with Crippen molar-refractivity contribution in [1.29, 1.82) is 0 Å². The van der Waals surface area contributed by atoms with E-state index in [0.29, 0.717) is 5.56 Å². The van der Waals surface area contributed by atoms with Crippen LogP contribution in [0, 0.1) is 0 Å². The molecule has 0 aliphatic heterocycles. The van der Waals surface area contributed by atoms with Gasteiger partial charge in [-0.1, -0.05) is 11.2 Å². The van der Waals surface area contributed by atoms with E-state index in [4.69, 9.17) is 0 Å². The Morgan fingerprint density at radius 2 is 2.12 bits per heavy atom. The van der Waals surface area contributed by atoms with Crippen LogP contribution in [0.1, 0.15) is 11.7 Å². The Balaban J connectivity index is 1.58. The van der Waals surface area contributed by atoms with Crippen LogP contribution in [0.4, 0.5) is 5.82 Å². The molecular formula is C16H16N4O4. The number of anilines is 1. The van der Waals surface area contributed by atoms with Gasteiger partial charge in [-0.25, -0.2) is 0 Å². The van der Waals surface area contributed by atoms with Crippen LogP contribution in [-0.2, 0) is 16.6 Å². The molecule has 2 amide bonds. The van der Waals surface area contributed by atoms with Crippen molar-refractivity contribution in [2.45, 2.75) is 6.10 Å². The maximum absolute atomic E-state index is 11.7. The molecule has 3 N–H and O–H groups in total. The number of rotatable bonds is 4. The Morgan fingerprint density at radius 1 is 1.29 bits per heavy atom. The molecule has 0 radical (unpaired) electrons. The molecule has 8 heteroatoms. The van der Waals surface area contributed by atoms with Gasteiger partial charge in [-0.3, -0.25) is 14.9 Å². The van der Waals surface area contributed by atoms with Crippen molar-refractivity contribution in [3.63, 3.8) is 0 Å². The van der Waals surface area contributed by atoms with E-state index in [9.17, 15) is 14.7 Å². The second-order valence-electron chi connectivity index (χ2n) is 5.31. The lowest BCUT2D eigenvalue weighted by Gasteiger charge is -2.12. The number of aromatic nitrogens is 2. The third-order valence-corrected chi connectivity index (χ3v) is 3.64. The van der Waals surface area contributed by atoms with Crippen LogP contribution in [0.25, 0.3) is 10.9 Å². The number of aliphatic hydroxyl groups is 1. The average molecular weight is 328 g/mol. The molecule has 0 bridgehead atoms. The van der Waals surface area contributed by atoms with Crippen molar-refractivity contribution in [3.05, 3.63) is 48.4 Å². The summed E-state index contributed by atoms with van der Waals surface area (Å²) in [6, 6.07) is 8.88. The van der Waals surface area contributed by atoms with E-state index >= 15 is 0 Å². The molecule has 3 aromatic rings. The highest BCUT2D eigenvalue weighted by atomic mass is 16.5. The summed E-state index contributed by atoms with van der Waals surface area (Å²) in [6.45, 7) is -0.0800. The molecule has 2 aromatic heterocycles. The number of amides is 2. The summed E-state index contributed by atoms with van der Waals surface area (Å²) in [6.07, 6.45) is 2.28. The van der Waals surface area contributed by atoms with Crippen LogP contribution in [0.2, 0.25) is 0 Å². The quantitative estimate of drug-likeness (QED) is 0.618. The monoisotopic (exact) mass is 328 g/mol. The summed E-state index contributed by atoms with van der Waals surface area (Å²) in [5.41, 5.74) is 1.70. The summed E-state index contributed by atoms with van der Waals surface area (Å²) in [7, 11) is 1.94. The number of hydrogen-bond donors (Lipinski definition) is 3. The molecule has 3 rings (SSSR count). The van der Waals surface area contributed by atoms with Gasteiger partial charge in [0.05, 0.1) is 6.10 Å². The predicted molar refractivity (Wildman–Crippen MR) is 86.0 cm³/mol. The fourth-order valence-corrected chi connectivity index (χ4v) is 2.34. The molecule has 0 fully saturated rings. The van der Waals surface area contributed by atoms with Crippen LogP contribution in [0.5, 0.6) is 0 Å². The Labute approximate surface area is 137 Å². The molecule has 0 saturated heterocycles. The number of carbonyl (C=O) groups is 2. The van der Waals surface area contributed by atoms with E-state index in [0.717, 1.165) is 10.9 Å². The number of hydrogen-bond acceptors (Lipinski definition) is 5. The first-order valence-electron chi connectivity index (χ1n) is 7.27. The molecule has 0 spiro atoms. The Hall–Kier alpha value is -3.13. The van der Waals surface area contributed by atoms with Crippen LogP contribution < -0.4 is 10.6 Å². The van der Waals surface area contributed by atoms with Crippen LogP contribution in [0.3, 0.4) is 0 Å². The standard InChI is InChI=1S/C16H16N4O4/c1-20-6-4-10-8-11(2-3-12(10)20)13(21)9-17-15(22)16(23)18-14-5-7-24-19-14/h2-8,13,21H,9H2,1H3,(H,17,22)(H,18,19,23)/t13-/m1/s1. The number of nitrogens with zero attached hydrogens (tertiary/aromatic N) is 2. The highest BCUT2D eigenvalue weighted by Gasteiger charge is 2.17.